The first-order chi connectivity index (χ1) is 10.3. The van der Waals surface area contributed by atoms with E-state index in [0.29, 0.717) is 17.8 Å². The monoisotopic (exact) mass is 303 g/mol. The quantitative estimate of drug-likeness (QED) is 0.720. The minimum absolute atomic E-state index is 0.327. The van der Waals surface area contributed by atoms with Crippen molar-refractivity contribution in [2.75, 3.05) is 5.73 Å². The topological polar surface area (TPSA) is 68.9 Å². The van der Waals surface area contributed by atoms with Gasteiger partial charge in [0.05, 0.1) is 16.6 Å². The van der Waals surface area contributed by atoms with Crippen molar-refractivity contribution < 1.29 is 4.79 Å². The summed E-state index contributed by atoms with van der Waals surface area (Å²) >= 11 is 1.50. The molecule has 0 aliphatic carbocycles. The molecule has 2 N–H and O–H groups in total. The fourth-order valence-electron chi connectivity index (χ4n) is 1.83. The highest BCUT2D eigenvalue weighted by Crippen LogP contribution is 2.32. The van der Waals surface area contributed by atoms with Crippen LogP contribution in [0.15, 0.2) is 24.3 Å². The van der Waals surface area contributed by atoms with E-state index >= 15 is 0 Å². The van der Waals surface area contributed by atoms with Crippen LogP contribution in [0.4, 0.5) is 5.82 Å². The molecule has 0 spiro atoms. The Morgan fingerprint density at radius 3 is 2.48 bits per heavy atom. The molecule has 0 aliphatic heterocycles. The molecule has 0 radical (unpaired) electrons. The standard InChI is InChI=1S/C12H9N3OS.2C2H6/c13-12-10-11(17-9(15-10)5-6-16)7-3-1-2-4-8(7)14-12;2*1-2/h1-4,6H,5H2,(H2,13,14);2*1-2H3. The zero-order chi connectivity index (χ0) is 15.8. The van der Waals surface area contributed by atoms with Crippen molar-refractivity contribution in [2.45, 2.75) is 34.1 Å². The normalized spacial score (nSPS) is 9.52. The third-order valence-corrected chi connectivity index (χ3v) is 3.67. The van der Waals surface area contributed by atoms with Crippen LogP contribution in [0.25, 0.3) is 21.1 Å². The molecule has 21 heavy (non-hydrogen) atoms. The molecule has 3 rings (SSSR count). The second-order valence-corrected chi connectivity index (χ2v) is 4.75. The number of pyridine rings is 1. The first-order valence-corrected chi connectivity index (χ1v) is 7.98. The van der Waals surface area contributed by atoms with Crippen LogP contribution < -0.4 is 5.73 Å². The molecule has 0 bridgehead atoms. The third-order valence-electron chi connectivity index (χ3n) is 2.56. The van der Waals surface area contributed by atoms with E-state index in [1.54, 1.807) is 0 Å². The molecule has 3 aromatic rings. The molecule has 0 atom stereocenters. The first-order valence-electron chi connectivity index (χ1n) is 7.17. The average molecular weight is 303 g/mol. The second-order valence-electron chi connectivity index (χ2n) is 3.67. The van der Waals surface area contributed by atoms with Crippen LogP contribution in [0.2, 0.25) is 0 Å². The summed E-state index contributed by atoms with van der Waals surface area (Å²) in [5, 5.41) is 1.81. The van der Waals surface area contributed by atoms with Gasteiger partial charge in [0.1, 0.15) is 16.8 Å². The van der Waals surface area contributed by atoms with Gasteiger partial charge in [-0.25, -0.2) is 9.97 Å². The van der Waals surface area contributed by atoms with Crippen LogP contribution in [-0.4, -0.2) is 16.3 Å². The lowest BCUT2D eigenvalue weighted by atomic mass is 10.2. The highest BCUT2D eigenvalue weighted by atomic mass is 32.1. The smallest absolute Gasteiger partial charge is 0.151 e. The van der Waals surface area contributed by atoms with Crippen molar-refractivity contribution >= 4 is 44.6 Å². The molecule has 0 unspecified atom stereocenters. The summed E-state index contributed by atoms with van der Waals surface area (Å²) in [5.74, 6) is 0.423. The Bertz CT molecular complexity index is 722. The van der Waals surface area contributed by atoms with Crippen LogP contribution in [0.3, 0.4) is 0 Å². The van der Waals surface area contributed by atoms with E-state index in [-0.39, 0.29) is 0 Å². The maximum Gasteiger partial charge on any atom is 0.151 e. The van der Waals surface area contributed by atoms with Gasteiger partial charge in [-0.15, -0.1) is 11.3 Å². The number of hydrogen-bond acceptors (Lipinski definition) is 5. The lowest BCUT2D eigenvalue weighted by molar-refractivity contribution is -0.107. The van der Waals surface area contributed by atoms with Gasteiger partial charge in [0.2, 0.25) is 0 Å². The zero-order valence-corrected chi connectivity index (χ0v) is 13.7. The Balaban J connectivity index is 0.000000510. The van der Waals surface area contributed by atoms with Crippen molar-refractivity contribution in [1.29, 1.82) is 0 Å². The zero-order valence-electron chi connectivity index (χ0n) is 12.9. The van der Waals surface area contributed by atoms with E-state index in [4.69, 9.17) is 5.73 Å². The van der Waals surface area contributed by atoms with Gasteiger partial charge in [-0.1, -0.05) is 45.9 Å². The molecule has 0 amide bonds. The Morgan fingerprint density at radius 2 is 1.81 bits per heavy atom. The van der Waals surface area contributed by atoms with Gasteiger partial charge in [-0.3, -0.25) is 0 Å². The van der Waals surface area contributed by atoms with Gasteiger partial charge in [0.15, 0.2) is 5.82 Å². The number of fused-ring (bicyclic) bond motifs is 3. The maximum absolute atomic E-state index is 10.5. The summed E-state index contributed by atoms with van der Waals surface area (Å²) in [6, 6.07) is 7.80. The number of nitrogens with two attached hydrogens (primary N) is 1. The van der Waals surface area contributed by atoms with Gasteiger partial charge in [0, 0.05) is 5.39 Å². The minimum atomic E-state index is 0.327. The van der Waals surface area contributed by atoms with E-state index in [1.165, 1.54) is 11.3 Å². The van der Waals surface area contributed by atoms with Gasteiger partial charge in [-0.05, 0) is 6.07 Å². The van der Waals surface area contributed by atoms with E-state index in [2.05, 4.69) is 9.97 Å². The van der Waals surface area contributed by atoms with E-state index < -0.39 is 0 Å². The molecule has 1 aromatic carbocycles. The number of nitrogens with zero attached hydrogens (tertiary/aromatic N) is 2. The Hall–Kier alpha value is -2.01. The summed E-state index contributed by atoms with van der Waals surface area (Å²) in [6.45, 7) is 8.00. The second kappa shape index (κ2) is 8.32. The van der Waals surface area contributed by atoms with Crippen LogP contribution in [0.5, 0.6) is 0 Å². The van der Waals surface area contributed by atoms with Crippen molar-refractivity contribution in [3.05, 3.63) is 29.3 Å². The molecule has 112 valence electrons. The van der Waals surface area contributed by atoms with Crippen LogP contribution in [-0.2, 0) is 11.2 Å². The van der Waals surface area contributed by atoms with Crippen molar-refractivity contribution in [1.82, 2.24) is 9.97 Å². The number of hydrogen-bond donors (Lipinski definition) is 1. The van der Waals surface area contributed by atoms with Crippen LogP contribution in [0.1, 0.15) is 32.7 Å². The Kier molecular flexibility index (Phi) is 6.75. The number of nitrogen functional groups attached to an aromatic ring is 1. The maximum atomic E-state index is 10.5. The summed E-state index contributed by atoms with van der Waals surface area (Å²) in [4.78, 5) is 19.2. The number of aromatic nitrogens is 2. The van der Waals surface area contributed by atoms with Gasteiger partial charge >= 0.3 is 0 Å². The van der Waals surface area contributed by atoms with Crippen molar-refractivity contribution in [3.8, 4) is 0 Å². The molecule has 5 heteroatoms. The number of anilines is 1. The number of thiazole rings is 1. The molecular weight excluding hydrogens is 282 g/mol. The van der Waals surface area contributed by atoms with Crippen molar-refractivity contribution in [3.63, 3.8) is 0 Å². The highest BCUT2D eigenvalue weighted by Gasteiger charge is 2.11. The number of rotatable bonds is 2. The number of carbonyl (C=O) groups is 1. The molecule has 0 fully saturated rings. The lowest BCUT2D eigenvalue weighted by Crippen LogP contribution is -1.92. The van der Waals surface area contributed by atoms with E-state index in [9.17, 15) is 4.79 Å². The number of aldehydes is 1. The largest absolute Gasteiger partial charge is 0.382 e. The van der Waals surface area contributed by atoms with Crippen LogP contribution >= 0.6 is 11.3 Å². The van der Waals surface area contributed by atoms with Crippen LogP contribution in [0, 0.1) is 0 Å². The number of benzene rings is 1. The predicted molar refractivity (Wildman–Crippen MR) is 91.8 cm³/mol. The Labute approximate surface area is 129 Å². The summed E-state index contributed by atoms with van der Waals surface area (Å²) < 4.78 is 1.00. The van der Waals surface area contributed by atoms with Gasteiger partial charge in [0.25, 0.3) is 0 Å². The van der Waals surface area contributed by atoms with E-state index in [1.807, 2.05) is 52.0 Å². The van der Waals surface area contributed by atoms with E-state index in [0.717, 1.165) is 26.9 Å². The van der Waals surface area contributed by atoms with Crippen molar-refractivity contribution in [2.24, 2.45) is 0 Å². The third kappa shape index (κ3) is 3.55. The number of carbonyl (C=O) groups excluding carboxylic acids is 1. The first kappa shape index (κ1) is 17.0. The summed E-state index contributed by atoms with van der Waals surface area (Å²) in [7, 11) is 0. The number of para-hydroxylation sites is 1. The predicted octanol–water partition coefficient (Wildman–Crippen LogP) is 4.22. The summed E-state index contributed by atoms with van der Waals surface area (Å²) in [6.07, 6.45) is 1.18. The molecule has 0 saturated heterocycles. The molecule has 0 saturated carbocycles. The fourth-order valence-corrected chi connectivity index (χ4v) is 2.88. The highest BCUT2D eigenvalue weighted by molar-refractivity contribution is 7.19. The molecular formula is C16H21N3OS. The van der Waals surface area contributed by atoms with Gasteiger partial charge < -0.3 is 10.5 Å². The molecule has 0 aliphatic rings. The minimum Gasteiger partial charge on any atom is -0.382 e. The Morgan fingerprint density at radius 1 is 1.14 bits per heavy atom. The lowest BCUT2D eigenvalue weighted by Gasteiger charge is -1.99. The SMILES string of the molecule is CC.CC.Nc1nc2ccccc2c2sc(CC=O)nc12. The van der Waals surface area contributed by atoms with Gasteiger partial charge in [-0.2, -0.15) is 0 Å². The average Bonchev–Trinajstić information content (AvgIpc) is 2.97. The fraction of sp³-hybridized carbons (Fsp3) is 0.312. The molecule has 2 heterocycles. The summed E-state index contributed by atoms with van der Waals surface area (Å²) in [5.41, 5.74) is 7.44. The molecule has 2 aromatic heterocycles. The molecule has 4 nitrogen and oxygen atoms in total.